The predicted octanol–water partition coefficient (Wildman–Crippen LogP) is 2.70. The van der Waals surface area contributed by atoms with E-state index in [4.69, 9.17) is 0 Å². The Balaban J connectivity index is 2.69. The van der Waals surface area contributed by atoms with Crippen LogP contribution in [-0.2, 0) is 0 Å². The Kier molecular flexibility index (Phi) is 3.95. The van der Waals surface area contributed by atoms with Crippen LogP contribution in [0.1, 0.15) is 13.8 Å². The van der Waals surface area contributed by atoms with Gasteiger partial charge in [-0.2, -0.15) is 0 Å². The third-order valence-electron chi connectivity index (χ3n) is 4.05. The number of benzene rings is 2. The highest BCUT2D eigenvalue weighted by Crippen LogP contribution is 2.24. The van der Waals surface area contributed by atoms with E-state index in [9.17, 15) is 10.2 Å². The minimum absolute atomic E-state index is 0.348. The van der Waals surface area contributed by atoms with Gasteiger partial charge in [-0.05, 0) is 22.5 Å². The van der Waals surface area contributed by atoms with Gasteiger partial charge in [0.1, 0.15) is 19.6 Å². The van der Waals surface area contributed by atoms with Crippen LogP contribution >= 0.6 is 0 Å². The summed E-state index contributed by atoms with van der Waals surface area (Å²) < 4.78 is 0. The first-order valence-corrected chi connectivity index (χ1v) is 9.14. The summed E-state index contributed by atoms with van der Waals surface area (Å²) in [5.74, 6) is 0.697. The molecule has 0 saturated carbocycles. The van der Waals surface area contributed by atoms with Crippen LogP contribution in [0.3, 0.4) is 0 Å². The second kappa shape index (κ2) is 5.49. The molecule has 100 valence electrons. The maximum Gasteiger partial charge on any atom is 0.127 e. The van der Waals surface area contributed by atoms with Crippen molar-refractivity contribution in [1.82, 2.24) is 0 Å². The largest absolute Gasteiger partial charge is 0.508 e. The van der Waals surface area contributed by atoms with E-state index < -0.39 is 8.07 Å². The Bertz CT molecular complexity index is 515. The standard InChI is InChI=1S/C16H20O2Si/c1-3-19(4-2,15-11-7-5-9-13(15)17)16-12-8-6-10-14(16)18/h5-12,17-18H,3-4H2,1-2H3. The molecule has 0 unspecified atom stereocenters. The molecule has 2 aromatic rings. The van der Waals surface area contributed by atoms with E-state index in [1.54, 1.807) is 12.1 Å². The van der Waals surface area contributed by atoms with E-state index in [-0.39, 0.29) is 0 Å². The normalized spacial score (nSPS) is 11.5. The van der Waals surface area contributed by atoms with Crippen molar-refractivity contribution in [2.45, 2.75) is 25.9 Å². The van der Waals surface area contributed by atoms with E-state index in [0.717, 1.165) is 22.5 Å². The summed E-state index contributed by atoms with van der Waals surface area (Å²) in [4.78, 5) is 0. The second-order valence-corrected chi connectivity index (χ2v) is 9.48. The Morgan fingerprint density at radius 1 is 0.737 bits per heavy atom. The van der Waals surface area contributed by atoms with Crippen LogP contribution in [0.5, 0.6) is 11.5 Å². The van der Waals surface area contributed by atoms with Crippen molar-refractivity contribution in [2.24, 2.45) is 0 Å². The SMILES string of the molecule is CC[Si](CC)(c1ccccc1O)c1ccccc1O. The lowest BCUT2D eigenvalue weighted by molar-refractivity contribution is 0.478. The first kappa shape index (κ1) is 13.7. The average Bonchev–Trinajstić information content (AvgIpc) is 2.44. The number of para-hydroxylation sites is 2. The second-order valence-electron chi connectivity index (χ2n) is 4.82. The zero-order chi connectivity index (χ0) is 13.9. The summed E-state index contributed by atoms with van der Waals surface area (Å²) in [5.41, 5.74) is 0. The Morgan fingerprint density at radius 2 is 1.11 bits per heavy atom. The number of phenolic OH excluding ortho intramolecular Hbond substituents is 2. The van der Waals surface area contributed by atoms with Gasteiger partial charge in [0.05, 0.1) is 0 Å². The molecule has 0 amide bonds. The quantitative estimate of drug-likeness (QED) is 0.840. The molecule has 0 atom stereocenters. The number of rotatable bonds is 4. The van der Waals surface area contributed by atoms with Crippen molar-refractivity contribution in [2.75, 3.05) is 0 Å². The van der Waals surface area contributed by atoms with Gasteiger partial charge in [0, 0.05) is 0 Å². The van der Waals surface area contributed by atoms with E-state index >= 15 is 0 Å². The molecule has 0 heterocycles. The van der Waals surface area contributed by atoms with Gasteiger partial charge in [-0.25, -0.2) is 0 Å². The van der Waals surface area contributed by atoms with Crippen molar-refractivity contribution in [3.63, 3.8) is 0 Å². The summed E-state index contributed by atoms with van der Waals surface area (Å²) in [6.07, 6.45) is 0. The van der Waals surface area contributed by atoms with E-state index in [1.165, 1.54) is 0 Å². The fraction of sp³-hybridized carbons (Fsp3) is 0.250. The molecule has 0 spiro atoms. The number of phenols is 2. The molecule has 0 radical (unpaired) electrons. The van der Waals surface area contributed by atoms with Crippen LogP contribution in [0, 0.1) is 0 Å². The summed E-state index contributed by atoms with van der Waals surface area (Å²) in [6.45, 7) is 4.29. The van der Waals surface area contributed by atoms with Gasteiger partial charge in [-0.15, -0.1) is 0 Å². The molecule has 2 aromatic carbocycles. The molecule has 0 aromatic heterocycles. The first-order valence-electron chi connectivity index (χ1n) is 6.72. The molecule has 19 heavy (non-hydrogen) atoms. The molecule has 0 aliphatic carbocycles. The molecule has 2 nitrogen and oxygen atoms in total. The Morgan fingerprint density at radius 3 is 1.42 bits per heavy atom. The summed E-state index contributed by atoms with van der Waals surface area (Å²) in [5, 5.41) is 22.5. The zero-order valence-electron chi connectivity index (χ0n) is 11.4. The summed E-state index contributed by atoms with van der Waals surface area (Å²) in [7, 11) is -2.08. The zero-order valence-corrected chi connectivity index (χ0v) is 12.4. The molecular weight excluding hydrogens is 252 g/mol. The van der Waals surface area contributed by atoms with Gasteiger partial charge < -0.3 is 10.2 Å². The van der Waals surface area contributed by atoms with Crippen molar-refractivity contribution in [1.29, 1.82) is 0 Å². The van der Waals surface area contributed by atoms with E-state index in [0.29, 0.717) is 11.5 Å². The van der Waals surface area contributed by atoms with Gasteiger partial charge in [-0.3, -0.25) is 0 Å². The van der Waals surface area contributed by atoms with Gasteiger partial charge in [0.25, 0.3) is 0 Å². The molecule has 0 aliphatic heterocycles. The molecule has 0 bridgehead atoms. The Hall–Kier alpha value is -1.74. The van der Waals surface area contributed by atoms with Gasteiger partial charge >= 0.3 is 0 Å². The van der Waals surface area contributed by atoms with Crippen molar-refractivity contribution in [3.05, 3.63) is 48.5 Å². The van der Waals surface area contributed by atoms with Crippen LogP contribution in [0.25, 0.3) is 0 Å². The van der Waals surface area contributed by atoms with Gasteiger partial charge in [-0.1, -0.05) is 62.3 Å². The van der Waals surface area contributed by atoms with Crippen molar-refractivity contribution >= 4 is 18.4 Å². The minimum atomic E-state index is -2.08. The molecular formula is C16H20O2Si. The monoisotopic (exact) mass is 272 g/mol. The lowest BCUT2D eigenvalue weighted by Crippen LogP contribution is -2.57. The molecule has 2 N–H and O–H groups in total. The molecule has 0 fully saturated rings. The number of aromatic hydroxyl groups is 2. The molecule has 0 saturated heterocycles. The van der Waals surface area contributed by atoms with Crippen LogP contribution in [0.2, 0.25) is 12.1 Å². The maximum atomic E-state index is 10.2. The van der Waals surface area contributed by atoms with Crippen LogP contribution in [0.4, 0.5) is 0 Å². The highest BCUT2D eigenvalue weighted by molar-refractivity contribution is 7.03. The minimum Gasteiger partial charge on any atom is -0.508 e. The summed E-state index contributed by atoms with van der Waals surface area (Å²) >= 11 is 0. The van der Waals surface area contributed by atoms with E-state index in [2.05, 4.69) is 13.8 Å². The fourth-order valence-corrected chi connectivity index (χ4v) is 7.21. The highest BCUT2D eigenvalue weighted by Gasteiger charge is 2.37. The molecule has 3 heteroatoms. The smallest absolute Gasteiger partial charge is 0.127 e. The van der Waals surface area contributed by atoms with Crippen LogP contribution < -0.4 is 10.4 Å². The lowest BCUT2D eigenvalue weighted by atomic mass is 10.3. The number of hydrogen-bond donors (Lipinski definition) is 2. The van der Waals surface area contributed by atoms with Crippen molar-refractivity contribution < 1.29 is 10.2 Å². The molecule has 2 rings (SSSR count). The lowest BCUT2D eigenvalue weighted by Gasteiger charge is -2.31. The van der Waals surface area contributed by atoms with Crippen molar-refractivity contribution in [3.8, 4) is 11.5 Å². The van der Waals surface area contributed by atoms with Crippen LogP contribution in [0.15, 0.2) is 48.5 Å². The van der Waals surface area contributed by atoms with Gasteiger partial charge in [0.2, 0.25) is 0 Å². The predicted molar refractivity (Wildman–Crippen MR) is 82.2 cm³/mol. The maximum absolute atomic E-state index is 10.2. The fourth-order valence-electron chi connectivity index (χ4n) is 2.91. The average molecular weight is 272 g/mol. The molecule has 0 aliphatic rings. The highest BCUT2D eigenvalue weighted by atomic mass is 28.3. The number of hydrogen-bond acceptors (Lipinski definition) is 2. The Labute approximate surface area is 115 Å². The van der Waals surface area contributed by atoms with Gasteiger partial charge in [0.15, 0.2) is 0 Å². The van der Waals surface area contributed by atoms with E-state index in [1.807, 2.05) is 36.4 Å². The van der Waals surface area contributed by atoms with Crippen LogP contribution in [-0.4, -0.2) is 18.3 Å². The first-order chi connectivity index (χ1) is 9.15. The summed E-state index contributed by atoms with van der Waals surface area (Å²) in [6, 6.07) is 17.0. The third-order valence-corrected chi connectivity index (χ3v) is 9.37. The third kappa shape index (κ3) is 2.26. The topological polar surface area (TPSA) is 40.5 Å².